The minimum absolute atomic E-state index is 0.202. The molecule has 0 saturated carbocycles. The van der Waals surface area contributed by atoms with Crippen LogP contribution in [-0.4, -0.2) is 9.78 Å². The Labute approximate surface area is 124 Å². The highest BCUT2D eigenvalue weighted by molar-refractivity contribution is 5.85. The molecule has 3 heteroatoms. The van der Waals surface area contributed by atoms with Crippen LogP contribution >= 0.6 is 0 Å². The minimum Gasteiger partial charge on any atom is -0.260 e. The van der Waals surface area contributed by atoms with Gasteiger partial charge < -0.3 is 0 Å². The molecule has 0 unspecified atom stereocenters. The van der Waals surface area contributed by atoms with E-state index in [4.69, 9.17) is 5.10 Å². The fraction of sp³-hybridized carbons (Fsp3) is 0.278. The van der Waals surface area contributed by atoms with Crippen LogP contribution in [0.4, 0.5) is 4.39 Å². The van der Waals surface area contributed by atoms with E-state index in [1.807, 2.05) is 16.8 Å². The number of fused-ring (bicyclic) bond motifs is 1. The molecule has 0 aliphatic rings. The van der Waals surface area contributed by atoms with Crippen molar-refractivity contribution in [2.24, 2.45) is 0 Å². The second-order valence-electron chi connectivity index (χ2n) is 5.25. The van der Waals surface area contributed by atoms with Crippen molar-refractivity contribution in [1.82, 2.24) is 9.78 Å². The van der Waals surface area contributed by atoms with Crippen LogP contribution in [0.25, 0.3) is 10.9 Å². The maximum atomic E-state index is 13.0. The van der Waals surface area contributed by atoms with Gasteiger partial charge in [-0.15, -0.1) is 0 Å². The Hall–Kier alpha value is -2.16. The molecule has 21 heavy (non-hydrogen) atoms. The zero-order chi connectivity index (χ0) is 14.8. The quantitative estimate of drug-likeness (QED) is 0.695. The first kappa shape index (κ1) is 13.8. The molecule has 1 aromatic heterocycles. The van der Waals surface area contributed by atoms with E-state index >= 15 is 0 Å². The molecular weight excluding hydrogens is 263 g/mol. The van der Waals surface area contributed by atoms with Crippen LogP contribution < -0.4 is 0 Å². The van der Waals surface area contributed by atoms with E-state index in [2.05, 4.69) is 32.0 Å². The van der Waals surface area contributed by atoms with Gasteiger partial charge >= 0.3 is 0 Å². The summed E-state index contributed by atoms with van der Waals surface area (Å²) in [4.78, 5) is 0. The van der Waals surface area contributed by atoms with Gasteiger partial charge in [0.15, 0.2) is 0 Å². The lowest BCUT2D eigenvalue weighted by Gasteiger charge is -2.05. The van der Waals surface area contributed by atoms with Crippen molar-refractivity contribution in [2.45, 2.75) is 33.2 Å². The number of rotatable bonds is 4. The minimum atomic E-state index is -0.202. The summed E-state index contributed by atoms with van der Waals surface area (Å²) in [5.74, 6) is -0.202. The Balaban J connectivity index is 2.08. The van der Waals surface area contributed by atoms with Crippen LogP contribution in [0.15, 0.2) is 42.5 Å². The van der Waals surface area contributed by atoms with Crippen molar-refractivity contribution in [3.8, 4) is 0 Å². The first-order chi connectivity index (χ1) is 10.2. The SMILES string of the molecule is CCc1cccc2c1c(CC)nn2Cc1ccc(F)cc1. The predicted molar refractivity (Wildman–Crippen MR) is 84.0 cm³/mol. The normalized spacial score (nSPS) is 11.2. The third kappa shape index (κ3) is 2.56. The molecule has 2 nitrogen and oxygen atoms in total. The van der Waals surface area contributed by atoms with Crippen LogP contribution in [0.1, 0.15) is 30.7 Å². The summed E-state index contributed by atoms with van der Waals surface area (Å²) in [5, 5.41) is 6.04. The van der Waals surface area contributed by atoms with Gasteiger partial charge in [-0.25, -0.2) is 4.39 Å². The van der Waals surface area contributed by atoms with Crippen LogP contribution in [0.5, 0.6) is 0 Å². The fourth-order valence-corrected chi connectivity index (χ4v) is 2.81. The molecule has 0 radical (unpaired) electrons. The lowest BCUT2D eigenvalue weighted by atomic mass is 10.0. The average Bonchev–Trinajstić information content (AvgIpc) is 2.87. The van der Waals surface area contributed by atoms with Gasteiger partial charge in [0.1, 0.15) is 5.82 Å². The van der Waals surface area contributed by atoms with Gasteiger partial charge in [-0.2, -0.15) is 5.10 Å². The second kappa shape index (κ2) is 5.68. The first-order valence-electron chi connectivity index (χ1n) is 7.44. The van der Waals surface area contributed by atoms with Crippen molar-refractivity contribution in [3.63, 3.8) is 0 Å². The number of halogens is 1. The molecular formula is C18H19FN2. The molecule has 1 heterocycles. The first-order valence-corrected chi connectivity index (χ1v) is 7.44. The highest BCUT2D eigenvalue weighted by Gasteiger charge is 2.12. The zero-order valence-corrected chi connectivity index (χ0v) is 12.4. The van der Waals surface area contributed by atoms with E-state index in [1.165, 1.54) is 23.1 Å². The molecule has 0 aliphatic heterocycles. The largest absolute Gasteiger partial charge is 0.260 e. The summed E-state index contributed by atoms with van der Waals surface area (Å²) >= 11 is 0. The van der Waals surface area contributed by atoms with Crippen LogP contribution in [-0.2, 0) is 19.4 Å². The zero-order valence-electron chi connectivity index (χ0n) is 12.4. The maximum Gasteiger partial charge on any atom is 0.123 e. The third-order valence-corrected chi connectivity index (χ3v) is 3.90. The predicted octanol–water partition coefficient (Wildman–Crippen LogP) is 4.35. The number of hydrogen-bond donors (Lipinski definition) is 0. The Kier molecular flexibility index (Phi) is 3.74. The van der Waals surface area contributed by atoms with E-state index in [0.29, 0.717) is 6.54 Å². The lowest BCUT2D eigenvalue weighted by molar-refractivity contribution is 0.625. The highest BCUT2D eigenvalue weighted by Crippen LogP contribution is 2.24. The van der Waals surface area contributed by atoms with Crippen molar-refractivity contribution in [3.05, 3.63) is 65.1 Å². The van der Waals surface area contributed by atoms with E-state index in [0.717, 1.165) is 29.6 Å². The molecule has 0 amide bonds. The van der Waals surface area contributed by atoms with Gasteiger partial charge in [-0.3, -0.25) is 4.68 Å². The summed E-state index contributed by atoms with van der Waals surface area (Å²) in [6.07, 6.45) is 1.93. The molecule has 2 aromatic carbocycles. The number of hydrogen-bond acceptors (Lipinski definition) is 1. The molecule has 0 fully saturated rings. The van der Waals surface area contributed by atoms with E-state index in [1.54, 1.807) is 0 Å². The molecule has 0 N–H and O–H groups in total. The Morgan fingerprint density at radius 3 is 2.43 bits per heavy atom. The molecule has 3 rings (SSSR count). The molecule has 0 bridgehead atoms. The van der Waals surface area contributed by atoms with Crippen molar-refractivity contribution in [1.29, 1.82) is 0 Å². The molecule has 108 valence electrons. The van der Waals surface area contributed by atoms with Crippen molar-refractivity contribution < 1.29 is 4.39 Å². The van der Waals surface area contributed by atoms with E-state index in [9.17, 15) is 4.39 Å². The van der Waals surface area contributed by atoms with Crippen LogP contribution in [0, 0.1) is 5.82 Å². The summed E-state index contributed by atoms with van der Waals surface area (Å²) in [5.41, 5.74) is 4.71. The van der Waals surface area contributed by atoms with Crippen molar-refractivity contribution in [2.75, 3.05) is 0 Å². The van der Waals surface area contributed by atoms with E-state index < -0.39 is 0 Å². The monoisotopic (exact) mass is 282 g/mol. The second-order valence-corrected chi connectivity index (χ2v) is 5.25. The van der Waals surface area contributed by atoms with Gasteiger partial charge in [0.25, 0.3) is 0 Å². The van der Waals surface area contributed by atoms with Gasteiger partial charge in [0, 0.05) is 5.39 Å². The topological polar surface area (TPSA) is 17.8 Å². The Morgan fingerprint density at radius 1 is 1.00 bits per heavy atom. The summed E-state index contributed by atoms with van der Waals surface area (Å²) in [6, 6.07) is 13.0. The van der Waals surface area contributed by atoms with Crippen molar-refractivity contribution >= 4 is 10.9 Å². The smallest absolute Gasteiger partial charge is 0.123 e. The fourth-order valence-electron chi connectivity index (χ4n) is 2.81. The standard InChI is InChI=1S/C18H19FN2/c1-3-14-6-5-7-17-18(14)16(4-2)20-21(17)12-13-8-10-15(19)11-9-13/h5-11H,3-4,12H2,1-2H3. The summed E-state index contributed by atoms with van der Waals surface area (Å²) < 4.78 is 15.0. The Bertz CT molecular complexity index is 757. The number of benzene rings is 2. The molecule has 0 aliphatic carbocycles. The summed E-state index contributed by atoms with van der Waals surface area (Å²) in [6.45, 7) is 4.98. The molecule has 0 atom stereocenters. The van der Waals surface area contributed by atoms with Gasteiger partial charge in [0.2, 0.25) is 0 Å². The molecule has 3 aromatic rings. The van der Waals surface area contributed by atoms with Gasteiger partial charge in [0.05, 0.1) is 17.8 Å². The number of aromatic nitrogens is 2. The van der Waals surface area contributed by atoms with E-state index in [-0.39, 0.29) is 5.82 Å². The Morgan fingerprint density at radius 2 is 1.76 bits per heavy atom. The number of aryl methyl sites for hydroxylation is 2. The highest BCUT2D eigenvalue weighted by atomic mass is 19.1. The molecule has 0 saturated heterocycles. The number of nitrogens with zero attached hydrogens (tertiary/aromatic N) is 2. The maximum absolute atomic E-state index is 13.0. The van der Waals surface area contributed by atoms with Crippen LogP contribution in [0.2, 0.25) is 0 Å². The summed E-state index contributed by atoms with van der Waals surface area (Å²) in [7, 11) is 0. The average molecular weight is 282 g/mol. The van der Waals surface area contributed by atoms with Gasteiger partial charge in [-0.05, 0) is 42.2 Å². The lowest BCUT2D eigenvalue weighted by Crippen LogP contribution is -2.02. The van der Waals surface area contributed by atoms with Gasteiger partial charge in [-0.1, -0.05) is 38.1 Å². The molecule has 0 spiro atoms. The third-order valence-electron chi connectivity index (χ3n) is 3.90. The van der Waals surface area contributed by atoms with Crippen LogP contribution in [0.3, 0.4) is 0 Å².